The molecule has 0 radical (unpaired) electrons. The molecular weight excluding hydrogens is 476 g/mol. The van der Waals surface area contributed by atoms with E-state index in [9.17, 15) is 9.59 Å². The molecule has 0 spiro atoms. The quantitative estimate of drug-likeness (QED) is 0.267. The van der Waals surface area contributed by atoms with E-state index in [0.29, 0.717) is 58.3 Å². The van der Waals surface area contributed by atoms with E-state index in [1.165, 1.54) is 0 Å². The fraction of sp³-hybridized carbons (Fsp3) is 0.207. The molecule has 1 aromatic heterocycles. The second-order valence-electron chi connectivity index (χ2n) is 8.23. The minimum absolute atomic E-state index is 0.119. The molecule has 6 nitrogen and oxygen atoms in total. The van der Waals surface area contributed by atoms with Gasteiger partial charge in [0.1, 0.15) is 29.6 Å². The van der Waals surface area contributed by atoms with Gasteiger partial charge in [-0.2, -0.15) is 0 Å². The summed E-state index contributed by atoms with van der Waals surface area (Å²) >= 11 is 6.41. The van der Waals surface area contributed by atoms with Crippen LogP contribution in [0, 0.1) is 0 Å². The summed E-state index contributed by atoms with van der Waals surface area (Å²) in [5, 5.41) is 3.97. The number of aromatic nitrogens is 1. The van der Waals surface area contributed by atoms with Crippen LogP contribution in [-0.2, 0) is 17.8 Å². The largest absolute Gasteiger partial charge is 0.488 e. The molecule has 0 aliphatic rings. The third kappa shape index (κ3) is 6.01. The van der Waals surface area contributed by atoms with Crippen LogP contribution in [0.2, 0.25) is 5.02 Å². The molecule has 0 saturated carbocycles. The van der Waals surface area contributed by atoms with Crippen molar-refractivity contribution >= 4 is 34.2 Å². The van der Waals surface area contributed by atoms with Gasteiger partial charge in [-0.3, -0.25) is 14.6 Å². The molecule has 1 N–H and O–H groups in total. The van der Waals surface area contributed by atoms with E-state index in [-0.39, 0.29) is 18.1 Å². The molecule has 0 aliphatic carbocycles. The maximum Gasteiger partial charge on any atom is 0.255 e. The first-order valence-corrected chi connectivity index (χ1v) is 12.2. The first kappa shape index (κ1) is 25.2. The van der Waals surface area contributed by atoms with Crippen molar-refractivity contribution < 1.29 is 19.1 Å². The summed E-state index contributed by atoms with van der Waals surface area (Å²) in [6, 6.07) is 20.2. The minimum atomic E-state index is -0.245. The normalized spacial score (nSPS) is 10.8. The molecule has 0 aliphatic heterocycles. The van der Waals surface area contributed by atoms with Gasteiger partial charge in [-0.25, -0.2) is 0 Å². The first-order valence-electron chi connectivity index (χ1n) is 11.8. The zero-order chi connectivity index (χ0) is 25.5. The second-order valence-corrected chi connectivity index (χ2v) is 8.64. The summed E-state index contributed by atoms with van der Waals surface area (Å²) in [6.07, 6.45) is 2.39. The highest BCUT2D eigenvalue weighted by molar-refractivity contribution is 6.31. The van der Waals surface area contributed by atoms with Crippen LogP contribution in [0.5, 0.6) is 17.2 Å². The highest BCUT2D eigenvalue weighted by Gasteiger charge is 2.17. The van der Waals surface area contributed by atoms with Gasteiger partial charge in [-0.05, 0) is 42.3 Å². The molecule has 0 bridgehead atoms. The standard InChI is InChI=1S/C29H27ClN2O4/c1-3-21(33)14-20-10-11-22(15-25(20)30)36-27-12-13-32-26-17-28(35-18-19-8-6-5-7-9-19)24(16-23(26)27)29(34)31-4-2/h5-13,15-17H,3-4,14,18H2,1-2H3,(H,31,34). The van der Waals surface area contributed by atoms with Crippen molar-refractivity contribution in [2.24, 2.45) is 0 Å². The highest BCUT2D eigenvalue weighted by Crippen LogP contribution is 2.35. The first-order chi connectivity index (χ1) is 17.5. The Morgan fingerprint density at radius 2 is 1.78 bits per heavy atom. The lowest BCUT2D eigenvalue weighted by Gasteiger charge is -2.15. The van der Waals surface area contributed by atoms with Gasteiger partial charge in [0.2, 0.25) is 0 Å². The Morgan fingerprint density at radius 1 is 0.972 bits per heavy atom. The van der Waals surface area contributed by atoms with Gasteiger partial charge in [0.15, 0.2) is 0 Å². The van der Waals surface area contributed by atoms with Crippen molar-refractivity contribution in [1.29, 1.82) is 0 Å². The van der Waals surface area contributed by atoms with Crippen LogP contribution in [0.3, 0.4) is 0 Å². The number of amides is 1. The van der Waals surface area contributed by atoms with Crippen LogP contribution in [0.25, 0.3) is 10.9 Å². The third-order valence-corrected chi connectivity index (χ3v) is 6.01. The number of rotatable bonds is 10. The molecule has 1 heterocycles. The molecule has 0 fully saturated rings. The SMILES string of the molecule is CCNC(=O)c1cc2c(Oc3ccc(CC(=O)CC)c(Cl)c3)ccnc2cc1OCc1ccccc1. The molecule has 0 unspecified atom stereocenters. The molecule has 184 valence electrons. The zero-order valence-corrected chi connectivity index (χ0v) is 21.0. The van der Waals surface area contributed by atoms with E-state index in [1.54, 1.807) is 42.6 Å². The fourth-order valence-corrected chi connectivity index (χ4v) is 3.96. The number of hydrogen-bond donors (Lipinski definition) is 1. The zero-order valence-electron chi connectivity index (χ0n) is 20.2. The van der Waals surface area contributed by atoms with E-state index in [0.717, 1.165) is 11.1 Å². The van der Waals surface area contributed by atoms with E-state index in [4.69, 9.17) is 21.1 Å². The smallest absolute Gasteiger partial charge is 0.255 e. The molecule has 36 heavy (non-hydrogen) atoms. The number of nitrogens with zero attached hydrogens (tertiary/aromatic N) is 1. The Labute approximate surface area is 215 Å². The van der Waals surface area contributed by atoms with Crippen molar-refractivity contribution in [3.8, 4) is 17.2 Å². The lowest BCUT2D eigenvalue weighted by molar-refractivity contribution is -0.118. The number of nitrogens with one attached hydrogen (secondary N) is 1. The molecule has 0 atom stereocenters. The lowest BCUT2D eigenvalue weighted by atomic mass is 10.1. The number of ketones is 1. The average Bonchev–Trinajstić information content (AvgIpc) is 2.89. The van der Waals surface area contributed by atoms with Crippen molar-refractivity contribution in [1.82, 2.24) is 10.3 Å². The van der Waals surface area contributed by atoms with Crippen LogP contribution >= 0.6 is 11.6 Å². The van der Waals surface area contributed by atoms with Crippen LogP contribution in [0.4, 0.5) is 0 Å². The summed E-state index contributed by atoms with van der Waals surface area (Å²) in [5.41, 5.74) is 2.77. The Kier molecular flexibility index (Phi) is 8.18. The van der Waals surface area contributed by atoms with Gasteiger partial charge in [-0.1, -0.05) is 54.9 Å². The van der Waals surface area contributed by atoms with Crippen molar-refractivity contribution in [2.75, 3.05) is 6.54 Å². The van der Waals surface area contributed by atoms with Gasteiger partial charge in [-0.15, -0.1) is 0 Å². The van der Waals surface area contributed by atoms with Gasteiger partial charge >= 0.3 is 0 Å². The topological polar surface area (TPSA) is 77.5 Å². The van der Waals surface area contributed by atoms with Crippen LogP contribution < -0.4 is 14.8 Å². The Bertz CT molecular complexity index is 1390. The van der Waals surface area contributed by atoms with Crippen molar-refractivity contribution in [2.45, 2.75) is 33.3 Å². The number of ether oxygens (including phenoxy) is 2. The second kappa shape index (κ2) is 11.7. The van der Waals surface area contributed by atoms with Gasteiger partial charge in [0, 0.05) is 42.1 Å². The van der Waals surface area contributed by atoms with E-state index >= 15 is 0 Å². The summed E-state index contributed by atoms with van der Waals surface area (Å²) in [6.45, 7) is 4.49. The molecule has 4 rings (SSSR count). The van der Waals surface area contributed by atoms with Crippen LogP contribution in [0.1, 0.15) is 41.8 Å². The number of Topliss-reactive ketones (excluding diaryl/α,β-unsaturated/α-hetero) is 1. The number of halogens is 1. The predicted octanol–water partition coefficient (Wildman–Crippen LogP) is 6.53. The van der Waals surface area contributed by atoms with Gasteiger partial charge in [0.05, 0.1) is 11.1 Å². The van der Waals surface area contributed by atoms with Crippen LogP contribution in [0.15, 0.2) is 72.9 Å². The number of carbonyl (C=O) groups is 2. The Hall–Kier alpha value is -3.90. The predicted molar refractivity (Wildman–Crippen MR) is 141 cm³/mol. The van der Waals surface area contributed by atoms with Crippen molar-refractivity contribution in [3.05, 3.63) is 94.6 Å². The van der Waals surface area contributed by atoms with Gasteiger partial charge in [0.25, 0.3) is 5.91 Å². The number of carbonyl (C=O) groups excluding carboxylic acids is 2. The van der Waals surface area contributed by atoms with E-state index in [2.05, 4.69) is 10.3 Å². The monoisotopic (exact) mass is 502 g/mol. The minimum Gasteiger partial charge on any atom is -0.488 e. The molecular formula is C29H27ClN2O4. The highest BCUT2D eigenvalue weighted by atomic mass is 35.5. The average molecular weight is 503 g/mol. The van der Waals surface area contributed by atoms with E-state index in [1.807, 2.05) is 44.2 Å². The summed E-state index contributed by atoms with van der Waals surface area (Å²) in [4.78, 5) is 29.2. The number of fused-ring (bicyclic) bond motifs is 1. The Morgan fingerprint density at radius 3 is 2.50 bits per heavy atom. The maximum absolute atomic E-state index is 12.9. The number of hydrogen-bond acceptors (Lipinski definition) is 5. The molecule has 0 saturated heterocycles. The third-order valence-electron chi connectivity index (χ3n) is 5.66. The molecule has 1 amide bonds. The van der Waals surface area contributed by atoms with Crippen molar-refractivity contribution in [3.63, 3.8) is 0 Å². The summed E-state index contributed by atoms with van der Waals surface area (Å²) in [7, 11) is 0. The van der Waals surface area contributed by atoms with Gasteiger partial charge < -0.3 is 14.8 Å². The fourth-order valence-electron chi connectivity index (χ4n) is 3.72. The molecule has 7 heteroatoms. The number of pyridine rings is 1. The molecule has 4 aromatic rings. The number of benzene rings is 3. The van der Waals surface area contributed by atoms with E-state index < -0.39 is 0 Å². The lowest BCUT2D eigenvalue weighted by Crippen LogP contribution is -2.23. The maximum atomic E-state index is 12.9. The summed E-state index contributed by atoms with van der Waals surface area (Å²) in [5.74, 6) is 1.35. The van der Waals surface area contributed by atoms with Crippen LogP contribution in [-0.4, -0.2) is 23.2 Å². The summed E-state index contributed by atoms with van der Waals surface area (Å²) < 4.78 is 12.2. The Balaban J connectivity index is 1.67. The molecule has 3 aromatic carbocycles.